The van der Waals surface area contributed by atoms with Crippen molar-refractivity contribution in [2.45, 2.75) is 64.6 Å². The van der Waals surface area contributed by atoms with Gasteiger partial charge >= 0.3 is 0 Å². The number of benzene rings is 1. The summed E-state index contributed by atoms with van der Waals surface area (Å²) in [7, 11) is 6.26. The molecule has 0 aromatic heterocycles. The molecule has 1 atom stereocenters. The zero-order valence-corrected chi connectivity index (χ0v) is 12.0. The molecule has 0 nitrogen and oxygen atoms in total. The summed E-state index contributed by atoms with van der Waals surface area (Å²) >= 11 is 0. The maximum Gasteiger partial charge on any atom is 0.0806 e. The summed E-state index contributed by atoms with van der Waals surface area (Å²) in [5.41, 5.74) is 2.96. The number of hydrogen-bond acceptors (Lipinski definition) is 0. The molecule has 1 aromatic rings. The standard InChI is InChI=1S/C16H25B/c1-6-15(4,7-2)13-9-11-14(12-10-13)16(5,17)8-3/h9-12H,6-8H2,1-5H3. The normalized spacial score (nSPS) is 15.6. The molecule has 1 rings (SSSR count). The van der Waals surface area contributed by atoms with Gasteiger partial charge < -0.3 is 0 Å². The van der Waals surface area contributed by atoms with Crippen LogP contribution >= 0.6 is 0 Å². The summed E-state index contributed by atoms with van der Waals surface area (Å²) in [5.74, 6) is 0. The average Bonchev–Trinajstić information content (AvgIpc) is 2.38. The zero-order valence-electron chi connectivity index (χ0n) is 12.0. The molecule has 0 amide bonds. The van der Waals surface area contributed by atoms with Crippen LogP contribution in [0.4, 0.5) is 0 Å². The summed E-state index contributed by atoms with van der Waals surface area (Å²) in [5, 5.41) is -0.201. The van der Waals surface area contributed by atoms with Gasteiger partial charge in [0.05, 0.1) is 7.85 Å². The molecule has 1 heteroatoms. The van der Waals surface area contributed by atoms with Crippen molar-refractivity contribution in [3.05, 3.63) is 35.4 Å². The molecule has 0 heterocycles. The third kappa shape index (κ3) is 2.94. The van der Waals surface area contributed by atoms with E-state index in [0.717, 1.165) is 6.42 Å². The maximum atomic E-state index is 6.26. The minimum absolute atomic E-state index is 0.201. The molecule has 0 aliphatic rings. The van der Waals surface area contributed by atoms with Gasteiger partial charge in [-0.25, -0.2) is 0 Å². The molecule has 0 N–H and O–H groups in total. The number of rotatable bonds is 5. The Morgan fingerprint density at radius 2 is 1.24 bits per heavy atom. The fraction of sp³-hybridized carbons (Fsp3) is 0.625. The van der Waals surface area contributed by atoms with E-state index in [1.165, 1.54) is 24.0 Å². The van der Waals surface area contributed by atoms with Crippen molar-refractivity contribution >= 4 is 7.85 Å². The lowest BCUT2D eigenvalue weighted by Gasteiger charge is -2.29. The Balaban J connectivity index is 3.03. The average molecular weight is 228 g/mol. The van der Waals surface area contributed by atoms with Crippen LogP contribution < -0.4 is 0 Å². The van der Waals surface area contributed by atoms with Crippen molar-refractivity contribution in [1.82, 2.24) is 0 Å². The van der Waals surface area contributed by atoms with E-state index in [2.05, 4.69) is 58.9 Å². The van der Waals surface area contributed by atoms with Gasteiger partial charge in [0.15, 0.2) is 0 Å². The van der Waals surface area contributed by atoms with Crippen molar-refractivity contribution in [1.29, 1.82) is 0 Å². The Labute approximate surface area is 108 Å². The molecule has 17 heavy (non-hydrogen) atoms. The molecule has 1 unspecified atom stereocenters. The molecule has 0 saturated carbocycles. The van der Waals surface area contributed by atoms with E-state index in [1.807, 2.05) is 0 Å². The van der Waals surface area contributed by atoms with Gasteiger partial charge in [0.2, 0.25) is 0 Å². The van der Waals surface area contributed by atoms with Gasteiger partial charge in [0, 0.05) is 0 Å². The minimum Gasteiger partial charge on any atom is -0.0653 e. The highest BCUT2D eigenvalue weighted by Gasteiger charge is 2.23. The molecular weight excluding hydrogens is 203 g/mol. The molecule has 0 fully saturated rings. The van der Waals surface area contributed by atoms with E-state index < -0.39 is 0 Å². The second-order valence-electron chi connectivity index (χ2n) is 5.62. The lowest BCUT2D eigenvalue weighted by atomic mass is 9.63. The van der Waals surface area contributed by atoms with E-state index in [4.69, 9.17) is 7.85 Å². The van der Waals surface area contributed by atoms with Crippen molar-refractivity contribution < 1.29 is 0 Å². The van der Waals surface area contributed by atoms with Crippen molar-refractivity contribution in [3.8, 4) is 0 Å². The second kappa shape index (κ2) is 5.29. The van der Waals surface area contributed by atoms with Crippen LogP contribution in [0.2, 0.25) is 0 Å². The van der Waals surface area contributed by atoms with E-state index in [1.54, 1.807) is 0 Å². The Morgan fingerprint density at radius 3 is 1.59 bits per heavy atom. The first-order valence-corrected chi connectivity index (χ1v) is 6.79. The van der Waals surface area contributed by atoms with E-state index in [0.29, 0.717) is 5.41 Å². The molecule has 0 bridgehead atoms. The third-order valence-corrected chi connectivity index (χ3v) is 4.54. The SMILES string of the molecule is [B]C(C)(CC)c1ccc(C(C)(CC)CC)cc1. The maximum absolute atomic E-state index is 6.26. The largest absolute Gasteiger partial charge is 0.0806 e. The Hall–Kier alpha value is -0.715. The fourth-order valence-electron chi connectivity index (χ4n) is 2.12. The van der Waals surface area contributed by atoms with E-state index in [9.17, 15) is 0 Å². The van der Waals surface area contributed by atoms with Crippen LogP contribution in [0.3, 0.4) is 0 Å². The van der Waals surface area contributed by atoms with Gasteiger partial charge in [-0.15, -0.1) is 0 Å². The molecule has 0 aliphatic carbocycles. The summed E-state index contributed by atoms with van der Waals surface area (Å²) in [6.07, 6.45) is 3.32. The lowest BCUT2D eigenvalue weighted by Crippen LogP contribution is -2.22. The Kier molecular flexibility index (Phi) is 4.46. The van der Waals surface area contributed by atoms with Gasteiger partial charge in [-0.05, 0) is 29.1 Å². The molecule has 1 aromatic carbocycles. The molecule has 92 valence electrons. The summed E-state index contributed by atoms with van der Waals surface area (Å²) in [4.78, 5) is 0. The van der Waals surface area contributed by atoms with Crippen LogP contribution in [-0.2, 0) is 10.7 Å². The van der Waals surface area contributed by atoms with Crippen molar-refractivity contribution in [2.24, 2.45) is 0 Å². The summed E-state index contributed by atoms with van der Waals surface area (Å²) < 4.78 is 0. The lowest BCUT2D eigenvalue weighted by molar-refractivity contribution is 0.438. The predicted octanol–water partition coefficient (Wildman–Crippen LogP) is 4.56. The highest BCUT2D eigenvalue weighted by molar-refractivity contribution is 6.15. The fourth-order valence-corrected chi connectivity index (χ4v) is 2.12. The summed E-state index contributed by atoms with van der Waals surface area (Å²) in [6.45, 7) is 11.1. The van der Waals surface area contributed by atoms with Gasteiger partial charge in [-0.3, -0.25) is 0 Å². The number of hydrogen-bond donors (Lipinski definition) is 0. The van der Waals surface area contributed by atoms with Crippen LogP contribution in [-0.4, -0.2) is 7.85 Å². The van der Waals surface area contributed by atoms with Crippen molar-refractivity contribution in [3.63, 3.8) is 0 Å². The molecule has 0 aliphatic heterocycles. The molecule has 2 radical (unpaired) electrons. The third-order valence-electron chi connectivity index (χ3n) is 4.54. The first-order valence-electron chi connectivity index (χ1n) is 6.79. The minimum atomic E-state index is -0.201. The van der Waals surface area contributed by atoms with Gasteiger partial charge in [0.1, 0.15) is 0 Å². The molecule has 0 saturated heterocycles. The van der Waals surface area contributed by atoms with E-state index in [-0.39, 0.29) is 5.31 Å². The highest BCUT2D eigenvalue weighted by atomic mass is 14.3. The van der Waals surface area contributed by atoms with Gasteiger partial charge in [-0.2, -0.15) is 0 Å². The summed E-state index contributed by atoms with van der Waals surface area (Å²) in [6, 6.07) is 8.90. The first-order chi connectivity index (χ1) is 7.89. The van der Waals surface area contributed by atoms with Crippen LogP contribution in [0, 0.1) is 0 Å². The Morgan fingerprint density at radius 1 is 0.824 bits per heavy atom. The smallest absolute Gasteiger partial charge is 0.0653 e. The highest BCUT2D eigenvalue weighted by Crippen LogP contribution is 2.32. The monoisotopic (exact) mass is 228 g/mol. The zero-order chi connectivity index (χ0) is 13.1. The van der Waals surface area contributed by atoms with Crippen molar-refractivity contribution in [2.75, 3.05) is 0 Å². The van der Waals surface area contributed by atoms with Gasteiger partial charge in [-0.1, -0.05) is 70.9 Å². The molecule has 0 spiro atoms. The Bertz CT molecular complexity index is 344. The van der Waals surface area contributed by atoms with Gasteiger partial charge in [0.25, 0.3) is 0 Å². The van der Waals surface area contributed by atoms with E-state index >= 15 is 0 Å². The quantitative estimate of drug-likeness (QED) is 0.648. The van der Waals surface area contributed by atoms with Crippen LogP contribution in [0.15, 0.2) is 24.3 Å². The topological polar surface area (TPSA) is 0 Å². The predicted molar refractivity (Wildman–Crippen MR) is 77.8 cm³/mol. The molecular formula is C16H25B. The second-order valence-corrected chi connectivity index (χ2v) is 5.62. The van der Waals surface area contributed by atoms with Crippen LogP contribution in [0.25, 0.3) is 0 Å². The van der Waals surface area contributed by atoms with Crippen LogP contribution in [0.1, 0.15) is 65.0 Å². The van der Waals surface area contributed by atoms with Crippen LogP contribution in [0.5, 0.6) is 0 Å². The first kappa shape index (κ1) is 14.3.